The van der Waals surface area contributed by atoms with E-state index in [-0.39, 0.29) is 24.8 Å². The Kier molecular flexibility index (Phi) is 5.29. The fraction of sp³-hybridized carbons (Fsp3) is 0.263. The Morgan fingerprint density at radius 3 is 2.64 bits per heavy atom. The Balaban J connectivity index is 1.45. The van der Waals surface area contributed by atoms with E-state index in [4.69, 9.17) is 0 Å². The molecule has 146 valence electrons. The molecule has 1 saturated carbocycles. The number of hydrogen-bond donors (Lipinski definition) is 1. The molecule has 0 unspecified atom stereocenters. The summed E-state index contributed by atoms with van der Waals surface area (Å²) < 4.78 is 29.9. The van der Waals surface area contributed by atoms with Gasteiger partial charge in [-0.15, -0.1) is 16.4 Å². The highest BCUT2D eigenvalue weighted by atomic mass is 32.2. The van der Waals surface area contributed by atoms with Crippen LogP contribution in [0.2, 0.25) is 0 Å². The summed E-state index contributed by atoms with van der Waals surface area (Å²) in [4.78, 5) is 13.6. The van der Waals surface area contributed by atoms with Crippen LogP contribution in [0.1, 0.15) is 24.4 Å². The highest BCUT2D eigenvalue weighted by molar-refractivity contribution is 7.92. The van der Waals surface area contributed by atoms with E-state index in [2.05, 4.69) is 9.82 Å². The van der Waals surface area contributed by atoms with Gasteiger partial charge in [0.1, 0.15) is 0 Å². The summed E-state index contributed by atoms with van der Waals surface area (Å²) in [6.07, 6.45) is 3.48. The number of hydrogen-bond acceptors (Lipinski definition) is 5. The summed E-state index contributed by atoms with van der Waals surface area (Å²) in [5.74, 6) is 0.661. The van der Waals surface area contributed by atoms with Crippen molar-refractivity contribution in [1.82, 2.24) is 19.1 Å². The van der Waals surface area contributed by atoms with Crippen molar-refractivity contribution in [3.63, 3.8) is 0 Å². The Hall–Kier alpha value is -2.49. The van der Waals surface area contributed by atoms with Crippen molar-refractivity contribution >= 4 is 27.4 Å². The van der Waals surface area contributed by atoms with Crippen molar-refractivity contribution < 1.29 is 8.42 Å². The average Bonchev–Trinajstić information content (AvgIpc) is 3.26. The topological polar surface area (TPSA) is 86.0 Å². The van der Waals surface area contributed by atoms with Crippen molar-refractivity contribution in [2.24, 2.45) is 0 Å². The summed E-state index contributed by atoms with van der Waals surface area (Å²) in [5.41, 5.74) is 0.609. The van der Waals surface area contributed by atoms with E-state index < -0.39 is 10.0 Å². The van der Waals surface area contributed by atoms with Gasteiger partial charge >= 0.3 is 5.69 Å². The number of benzene rings is 1. The molecule has 0 bridgehead atoms. The van der Waals surface area contributed by atoms with Gasteiger partial charge < -0.3 is 0 Å². The van der Waals surface area contributed by atoms with E-state index in [1.54, 1.807) is 4.57 Å². The minimum atomic E-state index is -3.59. The molecule has 0 atom stereocenters. The predicted molar refractivity (Wildman–Crippen MR) is 110 cm³/mol. The molecule has 0 amide bonds. The Labute approximate surface area is 167 Å². The van der Waals surface area contributed by atoms with Crippen LogP contribution in [0.3, 0.4) is 0 Å². The fourth-order valence-corrected chi connectivity index (χ4v) is 4.39. The van der Waals surface area contributed by atoms with E-state index in [1.165, 1.54) is 22.1 Å². The first-order chi connectivity index (χ1) is 13.5. The zero-order valence-electron chi connectivity index (χ0n) is 15.1. The predicted octanol–water partition coefficient (Wildman–Crippen LogP) is 2.70. The first kappa shape index (κ1) is 18.9. The van der Waals surface area contributed by atoms with Gasteiger partial charge in [-0.25, -0.2) is 22.6 Å². The van der Waals surface area contributed by atoms with Gasteiger partial charge in [0.05, 0.1) is 11.4 Å². The van der Waals surface area contributed by atoms with Crippen molar-refractivity contribution in [2.75, 3.05) is 6.54 Å². The number of nitrogens with one attached hydrogen (secondary N) is 1. The normalized spacial score (nSPS) is 14.7. The van der Waals surface area contributed by atoms with Crippen LogP contribution < -0.4 is 10.4 Å². The molecule has 4 rings (SSSR count). The van der Waals surface area contributed by atoms with E-state index in [1.807, 2.05) is 47.8 Å². The van der Waals surface area contributed by atoms with Gasteiger partial charge in [-0.3, -0.25) is 4.57 Å². The number of sulfonamides is 1. The lowest BCUT2D eigenvalue weighted by Crippen LogP contribution is -2.31. The van der Waals surface area contributed by atoms with E-state index in [0.717, 1.165) is 28.7 Å². The smallest absolute Gasteiger partial charge is 0.271 e. The zero-order chi connectivity index (χ0) is 19.6. The molecule has 1 N–H and O–H groups in total. The molecular weight excluding hydrogens is 396 g/mol. The second-order valence-electron chi connectivity index (χ2n) is 6.56. The van der Waals surface area contributed by atoms with Gasteiger partial charge in [-0.2, -0.15) is 0 Å². The molecule has 1 fully saturated rings. The maximum atomic E-state index is 12.7. The fourth-order valence-electron chi connectivity index (χ4n) is 2.88. The second kappa shape index (κ2) is 7.86. The molecule has 0 saturated heterocycles. The highest BCUT2D eigenvalue weighted by Gasteiger charge is 2.30. The molecule has 7 nitrogen and oxygen atoms in total. The lowest BCUT2D eigenvalue weighted by molar-refractivity contribution is 0.551. The van der Waals surface area contributed by atoms with Crippen LogP contribution in [0.4, 0.5) is 0 Å². The molecule has 3 aromatic rings. The average molecular weight is 417 g/mol. The van der Waals surface area contributed by atoms with Crippen LogP contribution in [0.25, 0.3) is 16.8 Å². The van der Waals surface area contributed by atoms with Crippen molar-refractivity contribution in [2.45, 2.75) is 25.4 Å². The standard InChI is InChI=1S/C19H20N4O3S2/c24-19-22(21-18(17-7-4-13-27-17)23(19)16-8-9-16)12-11-20-28(25,26)14-10-15-5-2-1-3-6-15/h1-7,10,13-14,16,20H,8-9,11-12H2/b14-10+. The lowest BCUT2D eigenvalue weighted by atomic mass is 10.2. The van der Waals surface area contributed by atoms with Gasteiger partial charge in [0.15, 0.2) is 5.82 Å². The molecule has 2 heterocycles. The molecule has 28 heavy (non-hydrogen) atoms. The molecule has 0 spiro atoms. The second-order valence-corrected chi connectivity index (χ2v) is 9.16. The number of nitrogens with zero attached hydrogens (tertiary/aromatic N) is 3. The van der Waals surface area contributed by atoms with Gasteiger partial charge in [-0.1, -0.05) is 36.4 Å². The van der Waals surface area contributed by atoms with Crippen molar-refractivity contribution in [1.29, 1.82) is 0 Å². The molecule has 1 aromatic carbocycles. The summed E-state index contributed by atoms with van der Waals surface area (Å²) in [5, 5.41) is 7.53. The number of rotatable bonds is 8. The van der Waals surface area contributed by atoms with Crippen LogP contribution in [0.5, 0.6) is 0 Å². The van der Waals surface area contributed by atoms with Gasteiger partial charge in [-0.05, 0) is 35.9 Å². The SMILES string of the molecule is O=c1n(CCNS(=O)(=O)/C=C/c2ccccc2)nc(-c2cccs2)n1C1CC1. The maximum absolute atomic E-state index is 12.7. The van der Waals surface area contributed by atoms with Gasteiger partial charge in [0, 0.05) is 18.0 Å². The quantitative estimate of drug-likeness (QED) is 0.612. The largest absolute Gasteiger partial charge is 0.346 e. The first-order valence-corrected chi connectivity index (χ1v) is 11.4. The molecule has 0 aliphatic heterocycles. The summed E-state index contributed by atoms with van der Waals surface area (Å²) in [7, 11) is -3.59. The Morgan fingerprint density at radius 1 is 1.18 bits per heavy atom. The highest BCUT2D eigenvalue weighted by Crippen LogP contribution is 2.37. The lowest BCUT2D eigenvalue weighted by Gasteiger charge is -2.02. The third kappa shape index (κ3) is 4.32. The number of thiophene rings is 1. The van der Waals surface area contributed by atoms with Crippen molar-refractivity contribution in [3.05, 3.63) is 69.3 Å². The van der Waals surface area contributed by atoms with Crippen LogP contribution in [0.15, 0.2) is 58.0 Å². The molecule has 9 heteroatoms. The Bertz CT molecular complexity index is 1130. The zero-order valence-corrected chi connectivity index (χ0v) is 16.7. The van der Waals surface area contributed by atoms with Gasteiger partial charge in [0.25, 0.3) is 0 Å². The molecule has 2 aromatic heterocycles. The van der Waals surface area contributed by atoms with Crippen LogP contribution in [-0.2, 0) is 16.6 Å². The monoisotopic (exact) mass is 416 g/mol. The van der Waals surface area contributed by atoms with Crippen LogP contribution in [0, 0.1) is 0 Å². The Morgan fingerprint density at radius 2 is 1.96 bits per heavy atom. The van der Waals surface area contributed by atoms with Crippen LogP contribution in [-0.4, -0.2) is 29.3 Å². The minimum Gasteiger partial charge on any atom is -0.271 e. The van der Waals surface area contributed by atoms with Gasteiger partial charge in [0.2, 0.25) is 10.0 Å². The number of aromatic nitrogens is 3. The van der Waals surface area contributed by atoms with E-state index in [0.29, 0.717) is 5.82 Å². The molecule has 1 aliphatic rings. The van der Waals surface area contributed by atoms with E-state index >= 15 is 0 Å². The maximum Gasteiger partial charge on any atom is 0.346 e. The summed E-state index contributed by atoms with van der Waals surface area (Å²) in [6, 6.07) is 13.3. The summed E-state index contributed by atoms with van der Waals surface area (Å²) >= 11 is 1.53. The molecule has 0 radical (unpaired) electrons. The minimum absolute atomic E-state index is 0.0902. The first-order valence-electron chi connectivity index (χ1n) is 8.99. The molecule has 1 aliphatic carbocycles. The summed E-state index contributed by atoms with van der Waals surface area (Å²) in [6.45, 7) is 0.266. The van der Waals surface area contributed by atoms with Crippen molar-refractivity contribution in [3.8, 4) is 10.7 Å². The molecular formula is C19H20N4O3S2. The third-order valence-corrected chi connectivity index (χ3v) is 6.36. The van der Waals surface area contributed by atoms with E-state index in [9.17, 15) is 13.2 Å². The third-order valence-electron chi connectivity index (χ3n) is 4.39. The van der Waals surface area contributed by atoms with Crippen LogP contribution >= 0.6 is 11.3 Å².